The Hall–Kier alpha value is -3.34. The first kappa shape index (κ1) is 19.0. The summed E-state index contributed by atoms with van der Waals surface area (Å²) in [5.41, 5.74) is 2.38. The Balaban J connectivity index is 2.23. The molecule has 0 bridgehead atoms. The highest BCUT2D eigenvalue weighted by atomic mass is 16.6. The average Bonchev–Trinajstić information content (AvgIpc) is 2.62. The fourth-order valence-electron chi connectivity index (χ4n) is 2.03. The number of hydrogen-bond acceptors (Lipinski definition) is 5. The number of carbonyl (C=O) groups excluding carboxylic acids is 2. The molecule has 0 aliphatic heterocycles. The molecule has 5 heteroatoms. The van der Waals surface area contributed by atoms with E-state index in [0.717, 1.165) is 11.1 Å². The van der Waals surface area contributed by atoms with Crippen molar-refractivity contribution >= 4 is 11.9 Å². The lowest BCUT2D eigenvalue weighted by Gasteiger charge is -2.11. The maximum absolute atomic E-state index is 11.7. The fourth-order valence-corrected chi connectivity index (χ4v) is 2.03. The minimum atomic E-state index is -0.514. The summed E-state index contributed by atoms with van der Waals surface area (Å²) in [5, 5.41) is 0. The van der Waals surface area contributed by atoms with Crippen molar-refractivity contribution in [3.05, 3.63) is 66.8 Å². The Labute approximate surface area is 152 Å². The number of esters is 2. The molecule has 0 aliphatic carbocycles. The molecule has 5 nitrogen and oxygen atoms in total. The van der Waals surface area contributed by atoms with E-state index in [1.54, 1.807) is 44.2 Å². The van der Waals surface area contributed by atoms with Crippen LogP contribution < -0.4 is 14.2 Å². The third-order valence-corrected chi connectivity index (χ3v) is 3.46. The van der Waals surface area contributed by atoms with Crippen molar-refractivity contribution in [1.82, 2.24) is 0 Å². The molecule has 0 unspecified atom stereocenters. The highest BCUT2D eigenvalue weighted by molar-refractivity contribution is 5.89. The van der Waals surface area contributed by atoms with Crippen LogP contribution in [0.4, 0.5) is 0 Å². The number of methoxy groups -OCH3 is 1. The summed E-state index contributed by atoms with van der Waals surface area (Å²) in [6, 6.07) is 12.2. The zero-order valence-corrected chi connectivity index (χ0v) is 15.0. The van der Waals surface area contributed by atoms with Crippen molar-refractivity contribution in [2.24, 2.45) is 0 Å². The van der Waals surface area contributed by atoms with Crippen LogP contribution in [-0.4, -0.2) is 19.0 Å². The maximum atomic E-state index is 11.7. The molecular weight excluding hydrogens is 332 g/mol. The van der Waals surface area contributed by atoms with Crippen LogP contribution in [0.1, 0.15) is 13.8 Å². The van der Waals surface area contributed by atoms with E-state index in [0.29, 0.717) is 28.4 Å². The van der Waals surface area contributed by atoms with Gasteiger partial charge in [-0.25, -0.2) is 9.59 Å². The van der Waals surface area contributed by atoms with Crippen molar-refractivity contribution in [3.8, 4) is 28.4 Å². The van der Waals surface area contributed by atoms with Crippen molar-refractivity contribution in [2.75, 3.05) is 7.11 Å². The van der Waals surface area contributed by atoms with Gasteiger partial charge in [0.2, 0.25) is 0 Å². The molecule has 0 aliphatic rings. The molecule has 2 aromatic rings. The Morgan fingerprint density at radius 3 is 1.85 bits per heavy atom. The first-order valence-electron chi connectivity index (χ1n) is 7.85. The molecule has 26 heavy (non-hydrogen) atoms. The predicted octanol–water partition coefficient (Wildman–Crippen LogP) is 4.33. The molecule has 0 N–H and O–H groups in total. The first-order valence-corrected chi connectivity index (χ1v) is 7.85. The lowest BCUT2D eigenvalue weighted by Crippen LogP contribution is -2.09. The third kappa shape index (κ3) is 4.60. The molecule has 0 fully saturated rings. The normalized spacial score (nSPS) is 9.96. The monoisotopic (exact) mass is 352 g/mol. The largest absolute Gasteiger partial charge is 0.493 e. The summed E-state index contributed by atoms with van der Waals surface area (Å²) in [5.74, 6) is 0.190. The van der Waals surface area contributed by atoms with Crippen molar-refractivity contribution in [2.45, 2.75) is 13.8 Å². The van der Waals surface area contributed by atoms with Crippen LogP contribution in [-0.2, 0) is 9.59 Å². The Kier molecular flexibility index (Phi) is 5.96. The topological polar surface area (TPSA) is 61.8 Å². The Morgan fingerprint density at radius 1 is 0.769 bits per heavy atom. The van der Waals surface area contributed by atoms with Gasteiger partial charge in [0.15, 0.2) is 11.5 Å². The molecular formula is C21H20O5. The van der Waals surface area contributed by atoms with E-state index in [1.165, 1.54) is 7.11 Å². The summed E-state index contributed by atoms with van der Waals surface area (Å²) in [4.78, 5) is 23.2. The van der Waals surface area contributed by atoms with Gasteiger partial charge in [0, 0.05) is 11.1 Å². The molecule has 0 atom stereocenters. The summed E-state index contributed by atoms with van der Waals surface area (Å²) < 4.78 is 15.7. The molecule has 0 spiro atoms. The number of benzene rings is 2. The predicted molar refractivity (Wildman–Crippen MR) is 99.3 cm³/mol. The number of ether oxygens (including phenoxy) is 3. The lowest BCUT2D eigenvalue weighted by molar-refractivity contribution is -0.131. The second-order valence-corrected chi connectivity index (χ2v) is 5.73. The molecule has 0 radical (unpaired) electrons. The summed E-state index contributed by atoms with van der Waals surface area (Å²) in [6.45, 7) is 10.3. The van der Waals surface area contributed by atoms with E-state index in [1.807, 2.05) is 12.1 Å². The van der Waals surface area contributed by atoms with Crippen LogP contribution in [0.15, 0.2) is 66.8 Å². The SMILES string of the molecule is C=C(C)C(=O)Oc1ccc(-c2ccc(OC(=O)C(=C)C)c(OC)c2)cc1. The van der Waals surface area contributed by atoms with Gasteiger partial charge in [-0.05, 0) is 49.2 Å². The van der Waals surface area contributed by atoms with Crippen LogP contribution in [0.5, 0.6) is 17.2 Å². The second kappa shape index (κ2) is 8.16. The number of rotatable bonds is 6. The number of carbonyl (C=O) groups is 2. The van der Waals surface area contributed by atoms with Crippen LogP contribution in [0.3, 0.4) is 0 Å². The van der Waals surface area contributed by atoms with E-state index in [4.69, 9.17) is 14.2 Å². The van der Waals surface area contributed by atoms with Gasteiger partial charge in [-0.15, -0.1) is 0 Å². The molecule has 0 aromatic heterocycles. The van der Waals surface area contributed by atoms with Gasteiger partial charge in [-0.3, -0.25) is 0 Å². The standard InChI is InChI=1S/C21H20O5/c1-13(2)20(22)25-17-9-6-15(7-10-17)16-8-11-18(19(12-16)24-5)26-21(23)14(3)4/h6-12H,1,3H2,2,4-5H3. The molecule has 0 saturated carbocycles. The molecule has 2 rings (SSSR count). The Bertz CT molecular complexity index is 862. The summed E-state index contributed by atoms with van der Waals surface area (Å²) in [7, 11) is 1.50. The lowest BCUT2D eigenvalue weighted by atomic mass is 10.0. The van der Waals surface area contributed by atoms with Crippen molar-refractivity contribution < 1.29 is 23.8 Å². The van der Waals surface area contributed by atoms with E-state index in [-0.39, 0.29) is 0 Å². The van der Waals surface area contributed by atoms with Gasteiger partial charge < -0.3 is 14.2 Å². The molecule has 0 heterocycles. The van der Waals surface area contributed by atoms with Crippen LogP contribution in [0.2, 0.25) is 0 Å². The quantitative estimate of drug-likeness (QED) is 0.440. The zero-order chi connectivity index (χ0) is 19.3. The number of hydrogen-bond donors (Lipinski definition) is 0. The summed E-state index contributed by atoms with van der Waals surface area (Å²) >= 11 is 0. The van der Waals surface area contributed by atoms with E-state index in [9.17, 15) is 9.59 Å². The third-order valence-electron chi connectivity index (χ3n) is 3.46. The van der Waals surface area contributed by atoms with Gasteiger partial charge in [0.05, 0.1) is 7.11 Å². The zero-order valence-electron chi connectivity index (χ0n) is 15.0. The van der Waals surface area contributed by atoms with E-state index >= 15 is 0 Å². The van der Waals surface area contributed by atoms with Crippen LogP contribution in [0, 0.1) is 0 Å². The Morgan fingerprint density at radius 2 is 1.31 bits per heavy atom. The van der Waals surface area contributed by atoms with Crippen LogP contribution >= 0.6 is 0 Å². The minimum Gasteiger partial charge on any atom is -0.493 e. The van der Waals surface area contributed by atoms with Crippen molar-refractivity contribution in [3.63, 3.8) is 0 Å². The highest BCUT2D eigenvalue weighted by Gasteiger charge is 2.12. The molecule has 2 aromatic carbocycles. The molecule has 0 saturated heterocycles. The van der Waals surface area contributed by atoms with E-state index < -0.39 is 11.9 Å². The van der Waals surface area contributed by atoms with Gasteiger partial charge in [0.25, 0.3) is 0 Å². The van der Waals surface area contributed by atoms with Gasteiger partial charge >= 0.3 is 11.9 Å². The van der Waals surface area contributed by atoms with Crippen molar-refractivity contribution in [1.29, 1.82) is 0 Å². The van der Waals surface area contributed by atoms with Gasteiger partial charge in [-0.1, -0.05) is 31.4 Å². The van der Waals surface area contributed by atoms with Gasteiger partial charge in [-0.2, -0.15) is 0 Å². The molecule has 134 valence electrons. The minimum absolute atomic E-state index is 0.302. The second-order valence-electron chi connectivity index (χ2n) is 5.73. The van der Waals surface area contributed by atoms with Crippen LogP contribution in [0.25, 0.3) is 11.1 Å². The highest BCUT2D eigenvalue weighted by Crippen LogP contribution is 2.33. The first-order chi connectivity index (χ1) is 12.3. The fraction of sp³-hybridized carbons (Fsp3) is 0.143. The van der Waals surface area contributed by atoms with Gasteiger partial charge in [0.1, 0.15) is 5.75 Å². The smallest absolute Gasteiger partial charge is 0.338 e. The summed E-state index contributed by atoms with van der Waals surface area (Å²) in [6.07, 6.45) is 0. The van der Waals surface area contributed by atoms with E-state index in [2.05, 4.69) is 13.2 Å². The maximum Gasteiger partial charge on any atom is 0.338 e. The molecule has 0 amide bonds. The average molecular weight is 352 g/mol.